The molecule has 0 aromatic heterocycles. The van der Waals surface area contributed by atoms with E-state index in [1.54, 1.807) is 31.4 Å². The lowest BCUT2D eigenvalue weighted by Crippen LogP contribution is -2.45. The minimum atomic E-state index is -0.277. The fourth-order valence-electron chi connectivity index (χ4n) is 2.01. The van der Waals surface area contributed by atoms with Crippen LogP contribution in [0.3, 0.4) is 0 Å². The Hall–Kier alpha value is -2.10. The van der Waals surface area contributed by atoms with Crippen molar-refractivity contribution < 1.29 is 9.53 Å². The topological polar surface area (TPSA) is 86.2 Å². The van der Waals surface area contributed by atoms with Gasteiger partial charge >= 0.3 is 6.03 Å². The first-order chi connectivity index (χ1) is 9.22. The van der Waals surface area contributed by atoms with Gasteiger partial charge in [-0.2, -0.15) is 5.26 Å². The van der Waals surface area contributed by atoms with E-state index >= 15 is 0 Å². The number of rotatable bonds is 3. The minimum absolute atomic E-state index is 0.00767. The van der Waals surface area contributed by atoms with Gasteiger partial charge in [0, 0.05) is 25.9 Å². The predicted molar refractivity (Wildman–Crippen MR) is 70.8 cm³/mol. The van der Waals surface area contributed by atoms with E-state index in [0.29, 0.717) is 17.8 Å². The zero-order valence-electron chi connectivity index (χ0n) is 10.6. The summed E-state index contributed by atoms with van der Waals surface area (Å²) in [7, 11) is 1.63. The fraction of sp³-hybridized carbons (Fsp3) is 0.385. The maximum Gasteiger partial charge on any atom is 0.319 e. The number of anilines is 1. The summed E-state index contributed by atoms with van der Waals surface area (Å²) in [4.78, 5) is 11.8. The van der Waals surface area contributed by atoms with E-state index in [9.17, 15) is 4.79 Å². The van der Waals surface area contributed by atoms with E-state index in [1.807, 2.05) is 6.07 Å². The number of nitrogens with one attached hydrogen (secondary N) is 3. The van der Waals surface area contributed by atoms with Crippen LogP contribution in [0.2, 0.25) is 0 Å². The smallest absolute Gasteiger partial charge is 0.319 e. The van der Waals surface area contributed by atoms with Gasteiger partial charge in [0.1, 0.15) is 0 Å². The molecule has 0 spiro atoms. The maximum atomic E-state index is 11.8. The van der Waals surface area contributed by atoms with Crippen molar-refractivity contribution in [1.29, 1.82) is 5.26 Å². The largest absolute Gasteiger partial charge is 0.378 e. The van der Waals surface area contributed by atoms with Gasteiger partial charge in [0.2, 0.25) is 0 Å². The van der Waals surface area contributed by atoms with Crippen molar-refractivity contribution in [3.05, 3.63) is 29.8 Å². The number of nitrogens with zero attached hydrogens (tertiary/aromatic N) is 1. The van der Waals surface area contributed by atoms with Crippen molar-refractivity contribution in [2.75, 3.05) is 25.5 Å². The van der Waals surface area contributed by atoms with Crippen molar-refractivity contribution >= 4 is 11.7 Å². The first-order valence-electron chi connectivity index (χ1n) is 6.04. The summed E-state index contributed by atoms with van der Waals surface area (Å²) in [6.07, 6.45) is -0.00767. The van der Waals surface area contributed by atoms with Gasteiger partial charge in [-0.3, -0.25) is 0 Å². The number of hydrogen-bond donors (Lipinski definition) is 3. The van der Waals surface area contributed by atoms with Crippen LogP contribution < -0.4 is 16.0 Å². The molecule has 6 heteroatoms. The van der Waals surface area contributed by atoms with Crippen LogP contribution >= 0.6 is 0 Å². The van der Waals surface area contributed by atoms with Crippen LogP contribution in [0.4, 0.5) is 10.5 Å². The fourth-order valence-corrected chi connectivity index (χ4v) is 2.01. The van der Waals surface area contributed by atoms with Crippen LogP contribution in [0.1, 0.15) is 5.56 Å². The monoisotopic (exact) mass is 260 g/mol. The molecule has 6 nitrogen and oxygen atoms in total. The molecule has 2 rings (SSSR count). The van der Waals surface area contributed by atoms with Crippen LogP contribution in [-0.2, 0) is 4.74 Å². The van der Waals surface area contributed by atoms with E-state index in [0.717, 1.165) is 6.54 Å². The van der Waals surface area contributed by atoms with Crippen molar-refractivity contribution in [2.24, 2.45) is 0 Å². The molecule has 1 heterocycles. The molecule has 1 saturated heterocycles. The highest BCUT2D eigenvalue weighted by Gasteiger charge is 2.28. The number of hydrogen-bond acceptors (Lipinski definition) is 4. The number of carbonyl (C=O) groups excluding carboxylic acids is 1. The van der Waals surface area contributed by atoms with Crippen molar-refractivity contribution in [1.82, 2.24) is 10.6 Å². The molecular weight excluding hydrogens is 244 g/mol. The molecule has 2 amide bonds. The second kappa shape index (κ2) is 6.18. The Morgan fingerprint density at radius 2 is 2.16 bits per heavy atom. The molecule has 2 atom stereocenters. The Balaban J connectivity index is 1.88. The quantitative estimate of drug-likeness (QED) is 0.745. The average molecular weight is 260 g/mol. The third kappa shape index (κ3) is 3.44. The van der Waals surface area contributed by atoms with Gasteiger partial charge in [-0.1, -0.05) is 0 Å². The van der Waals surface area contributed by atoms with Gasteiger partial charge in [0.15, 0.2) is 0 Å². The number of carbonyl (C=O) groups is 1. The molecule has 100 valence electrons. The molecule has 0 radical (unpaired) electrons. The SMILES string of the molecule is CO[C@H]1CNCC1NC(=O)Nc1ccc(C#N)cc1. The minimum Gasteiger partial charge on any atom is -0.378 e. The number of amides is 2. The number of ether oxygens (including phenoxy) is 1. The Morgan fingerprint density at radius 3 is 2.79 bits per heavy atom. The molecule has 1 aromatic carbocycles. The summed E-state index contributed by atoms with van der Waals surface area (Å²) in [5.74, 6) is 0. The summed E-state index contributed by atoms with van der Waals surface area (Å²) < 4.78 is 5.26. The van der Waals surface area contributed by atoms with Crippen LogP contribution in [0.15, 0.2) is 24.3 Å². The summed E-state index contributed by atoms with van der Waals surface area (Å²) in [6, 6.07) is 8.41. The molecule has 1 aliphatic rings. The summed E-state index contributed by atoms with van der Waals surface area (Å²) >= 11 is 0. The number of urea groups is 1. The van der Waals surface area contributed by atoms with E-state index in [4.69, 9.17) is 10.00 Å². The summed E-state index contributed by atoms with van der Waals surface area (Å²) in [5, 5.41) is 17.4. The van der Waals surface area contributed by atoms with Crippen LogP contribution in [0, 0.1) is 11.3 Å². The lowest BCUT2D eigenvalue weighted by molar-refractivity contribution is 0.0991. The maximum absolute atomic E-state index is 11.8. The molecular formula is C13H16N4O2. The second-order valence-electron chi connectivity index (χ2n) is 4.33. The Bertz CT molecular complexity index is 480. The first-order valence-corrected chi connectivity index (χ1v) is 6.04. The Morgan fingerprint density at radius 1 is 1.42 bits per heavy atom. The zero-order chi connectivity index (χ0) is 13.7. The van der Waals surface area contributed by atoms with E-state index in [1.165, 1.54) is 0 Å². The normalized spacial score (nSPS) is 21.7. The van der Waals surface area contributed by atoms with Gasteiger partial charge in [0.05, 0.1) is 23.8 Å². The van der Waals surface area contributed by atoms with E-state index < -0.39 is 0 Å². The summed E-state index contributed by atoms with van der Waals surface area (Å²) in [6.45, 7) is 1.43. The van der Waals surface area contributed by atoms with Crippen molar-refractivity contribution in [2.45, 2.75) is 12.1 Å². The molecule has 1 fully saturated rings. The predicted octanol–water partition coefficient (Wildman–Crippen LogP) is 0.667. The van der Waals surface area contributed by atoms with Gasteiger partial charge in [-0.05, 0) is 24.3 Å². The van der Waals surface area contributed by atoms with Crippen LogP contribution in [0.5, 0.6) is 0 Å². The molecule has 3 N–H and O–H groups in total. The Kier molecular flexibility index (Phi) is 4.34. The molecule has 19 heavy (non-hydrogen) atoms. The second-order valence-corrected chi connectivity index (χ2v) is 4.33. The van der Waals surface area contributed by atoms with Crippen LogP contribution in [0.25, 0.3) is 0 Å². The number of nitriles is 1. The van der Waals surface area contributed by atoms with Gasteiger partial charge in [-0.25, -0.2) is 4.79 Å². The molecule has 0 aliphatic carbocycles. The van der Waals surface area contributed by atoms with Crippen molar-refractivity contribution in [3.63, 3.8) is 0 Å². The third-order valence-electron chi connectivity index (χ3n) is 3.05. The average Bonchev–Trinajstić information content (AvgIpc) is 2.86. The molecule has 1 aliphatic heterocycles. The lowest BCUT2D eigenvalue weighted by Gasteiger charge is -2.18. The lowest BCUT2D eigenvalue weighted by atomic mass is 10.2. The summed E-state index contributed by atoms with van der Waals surface area (Å²) in [5.41, 5.74) is 1.21. The number of methoxy groups -OCH3 is 1. The van der Waals surface area contributed by atoms with Gasteiger partial charge in [-0.15, -0.1) is 0 Å². The molecule has 0 bridgehead atoms. The highest BCUT2D eigenvalue weighted by Crippen LogP contribution is 2.09. The number of benzene rings is 1. The Labute approximate surface area is 111 Å². The zero-order valence-corrected chi connectivity index (χ0v) is 10.6. The van der Waals surface area contributed by atoms with Crippen LogP contribution in [-0.4, -0.2) is 38.4 Å². The molecule has 1 aromatic rings. The molecule has 0 saturated carbocycles. The van der Waals surface area contributed by atoms with E-state index in [2.05, 4.69) is 16.0 Å². The van der Waals surface area contributed by atoms with Gasteiger partial charge in [0.25, 0.3) is 0 Å². The van der Waals surface area contributed by atoms with Crippen molar-refractivity contribution in [3.8, 4) is 6.07 Å². The molecule has 1 unspecified atom stereocenters. The highest BCUT2D eigenvalue weighted by atomic mass is 16.5. The highest BCUT2D eigenvalue weighted by molar-refractivity contribution is 5.89. The standard InChI is InChI=1S/C13H16N4O2/c1-19-12-8-15-7-11(12)17-13(18)16-10-4-2-9(6-14)3-5-10/h2-5,11-12,15H,7-8H2,1H3,(H2,16,17,18)/t11?,12-/m0/s1. The first kappa shape index (κ1) is 13.3. The van der Waals surface area contributed by atoms with E-state index in [-0.39, 0.29) is 18.2 Å². The third-order valence-corrected chi connectivity index (χ3v) is 3.05. The van der Waals surface area contributed by atoms with Gasteiger partial charge < -0.3 is 20.7 Å².